The third kappa shape index (κ3) is 5.29. The topological polar surface area (TPSA) is 97.8 Å². The van der Waals surface area contributed by atoms with E-state index in [1.165, 1.54) is 6.07 Å². The number of hydrogen-bond donors (Lipinski definition) is 2. The Balaban J connectivity index is 1.36. The molecule has 0 spiro atoms. The first-order valence-electron chi connectivity index (χ1n) is 11.6. The molecule has 2 N–H and O–H groups in total. The number of amidine groups is 1. The summed E-state index contributed by atoms with van der Waals surface area (Å²) in [6.07, 6.45) is 1.14. The van der Waals surface area contributed by atoms with Crippen molar-refractivity contribution in [2.45, 2.75) is 45.0 Å². The predicted molar refractivity (Wildman–Crippen MR) is 130 cm³/mol. The van der Waals surface area contributed by atoms with Crippen molar-refractivity contribution >= 4 is 22.8 Å². The summed E-state index contributed by atoms with van der Waals surface area (Å²) in [6, 6.07) is 9.88. The van der Waals surface area contributed by atoms with Crippen LogP contribution in [0, 0.1) is 0 Å². The van der Waals surface area contributed by atoms with Crippen LogP contribution in [0.2, 0.25) is 0 Å². The Bertz CT molecular complexity index is 1350. The van der Waals surface area contributed by atoms with Gasteiger partial charge in [-0.2, -0.15) is 0 Å². The number of nitrogens with one attached hydrogen (secondary N) is 2. The van der Waals surface area contributed by atoms with E-state index >= 15 is 0 Å². The molecule has 188 valence electrons. The maximum Gasteiger partial charge on any atom is 0.264 e. The van der Waals surface area contributed by atoms with Crippen LogP contribution in [-0.2, 0) is 20.7 Å². The number of hydrogen-bond acceptors (Lipinski definition) is 6. The van der Waals surface area contributed by atoms with E-state index in [2.05, 4.69) is 20.3 Å². The molecule has 1 fully saturated rings. The summed E-state index contributed by atoms with van der Waals surface area (Å²) in [7, 11) is 0. The maximum absolute atomic E-state index is 14.0. The molecule has 1 saturated heterocycles. The quantitative estimate of drug-likeness (QED) is 0.495. The van der Waals surface area contributed by atoms with Crippen molar-refractivity contribution in [3.8, 4) is 17.1 Å². The van der Waals surface area contributed by atoms with Crippen LogP contribution >= 0.6 is 0 Å². The van der Waals surface area contributed by atoms with Gasteiger partial charge in [0.15, 0.2) is 5.79 Å². The van der Waals surface area contributed by atoms with E-state index in [1.54, 1.807) is 36.5 Å². The van der Waals surface area contributed by atoms with Crippen LogP contribution in [0.5, 0.6) is 5.75 Å². The first-order valence-corrected chi connectivity index (χ1v) is 11.6. The lowest BCUT2D eigenvalue weighted by Gasteiger charge is -2.17. The van der Waals surface area contributed by atoms with Crippen molar-refractivity contribution in [1.29, 1.82) is 0 Å². The van der Waals surface area contributed by atoms with E-state index < -0.39 is 12.2 Å². The highest BCUT2D eigenvalue weighted by Crippen LogP contribution is 2.34. The highest BCUT2D eigenvalue weighted by molar-refractivity contribution is 6.01. The van der Waals surface area contributed by atoms with Crippen molar-refractivity contribution in [3.05, 3.63) is 59.8 Å². The summed E-state index contributed by atoms with van der Waals surface area (Å²) in [4.78, 5) is 24.2. The van der Waals surface area contributed by atoms with E-state index in [0.29, 0.717) is 47.0 Å². The monoisotopic (exact) mass is 496 g/mol. The van der Waals surface area contributed by atoms with Gasteiger partial charge in [0.2, 0.25) is 5.91 Å². The van der Waals surface area contributed by atoms with Gasteiger partial charge in [-0.1, -0.05) is 18.2 Å². The van der Waals surface area contributed by atoms with Crippen LogP contribution in [0.1, 0.15) is 37.8 Å². The normalized spacial score (nSPS) is 18.7. The van der Waals surface area contributed by atoms with Crippen LogP contribution in [0.25, 0.3) is 22.4 Å². The van der Waals surface area contributed by atoms with Gasteiger partial charge in [-0.3, -0.25) is 4.79 Å². The van der Waals surface area contributed by atoms with Gasteiger partial charge < -0.3 is 24.5 Å². The molecule has 0 bridgehead atoms. The number of aromatic nitrogens is 2. The molecular weight excluding hydrogens is 470 g/mol. The fourth-order valence-corrected chi connectivity index (χ4v) is 4.24. The highest BCUT2D eigenvalue weighted by Gasteiger charge is 2.33. The third-order valence-corrected chi connectivity index (χ3v) is 5.89. The number of aliphatic imine (C=N–C) groups is 1. The van der Waals surface area contributed by atoms with E-state index in [-0.39, 0.29) is 36.2 Å². The summed E-state index contributed by atoms with van der Waals surface area (Å²) >= 11 is 0. The van der Waals surface area contributed by atoms with Gasteiger partial charge in [-0.05, 0) is 43.7 Å². The van der Waals surface area contributed by atoms with Crippen molar-refractivity contribution in [2.75, 3.05) is 13.2 Å². The molecule has 0 radical (unpaired) electrons. The lowest BCUT2D eigenvalue weighted by Crippen LogP contribution is -2.30. The number of aromatic amines is 1. The second kappa shape index (κ2) is 9.79. The Kier molecular flexibility index (Phi) is 6.55. The van der Waals surface area contributed by atoms with Crippen LogP contribution in [0.3, 0.4) is 0 Å². The summed E-state index contributed by atoms with van der Waals surface area (Å²) in [5.74, 6) is 0.284. The molecule has 1 aromatic heterocycles. The number of nitrogens with zero attached hydrogens (tertiary/aromatic N) is 2. The number of imidazole rings is 1. The average Bonchev–Trinajstić information content (AvgIpc) is 3.57. The van der Waals surface area contributed by atoms with Gasteiger partial charge >= 0.3 is 0 Å². The van der Waals surface area contributed by atoms with Gasteiger partial charge in [0, 0.05) is 23.7 Å². The Hall–Kier alpha value is -3.63. The predicted octanol–water partition coefficient (Wildman–Crippen LogP) is 4.67. The molecule has 0 saturated carbocycles. The number of H-pyrrole nitrogens is 1. The van der Waals surface area contributed by atoms with E-state index in [9.17, 15) is 13.6 Å². The zero-order chi connectivity index (χ0) is 25.3. The lowest BCUT2D eigenvalue weighted by molar-refractivity contribution is -0.141. The first-order chi connectivity index (χ1) is 17.3. The molecule has 2 aromatic carbocycles. The number of ether oxygens (including phenoxy) is 3. The Labute approximate surface area is 206 Å². The number of para-hydroxylation sites is 1. The Morgan fingerprint density at radius 3 is 2.89 bits per heavy atom. The number of alkyl halides is 2. The fourth-order valence-electron chi connectivity index (χ4n) is 4.24. The van der Waals surface area contributed by atoms with Gasteiger partial charge in [0.1, 0.15) is 30.1 Å². The van der Waals surface area contributed by atoms with Gasteiger partial charge in [-0.25, -0.2) is 18.8 Å². The van der Waals surface area contributed by atoms with E-state index in [1.807, 2.05) is 19.9 Å². The maximum atomic E-state index is 14.0. The molecule has 3 heterocycles. The Morgan fingerprint density at radius 2 is 2.17 bits per heavy atom. The first kappa shape index (κ1) is 24.1. The van der Waals surface area contributed by atoms with Crippen molar-refractivity contribution in [3.63, 3.8) is 0 Å². The summed E-state index contributed by atoms with van der Waals surface area (Å²) < 4.78 is 45.0. The van der Waals surface area contributed by atoms with Crippen LogP contribution < -0.4 is 10.1 Å². The van der Waals surface area contributed by atoms with Crippen LogP contribution in [0.15, 0.2) is 53.7 Å². The zero-order valence-corrected chi connectivity index (χ0v) is 19.9. The average molecular weight is 497 g/mol. The Morgan fingerprint density at radius 1 is 1.31 bits per heavy atom. The number of benzene rings is 2. The molecule has 5 rings (SSSR count). The molecule has 2 aliphatic heterocycles. The lowest BCUT2D eigenvalue weighted by atomic mass is 10.1. The molecule has 1 amide bonds. The molecule has 36 heavy (non-hydrogen) atoms. The molecule has 10 heteroatoms. The van der Waals surface area contributed by atoms with Crippen molar-refractivity contribution in [2.24, 2.45) is 4.99 Å². The number of amides is 1. The summed E-state index contributed by atoms with van der Waals surface area (Å²) in [6.45, 7) is 4.18. The summed E-state index contributed by atoms with van der Waals surface area (Å²) in [5.41, 5.74) is 1.94. The number of halogens is 2. The van der Waals surface area contributed by atoms with Gasteiger partial charge in [-0.15, -0.1) is 0 Å². The van der Waals surface area contributed by atoms with Crippen LogP contribution in [-0.4, -0.2) is 46.8 Å². The molecular formula is C26H26F2N4O4. The minimum Gasteiger partial charge on any atom is -0.491 e. The molecule has 0 aliphatic carbocycles. The van der Waals surface area contributed by atoms with E-state index in [4.69, 9.17) is 14.2 Å². The smallest absolute Gasteiger partial charge is 0.264 e. The summed E-state index contributed by atoms with van der Waals surface area (Å²) in [5, 5.41) is 2.78. The zero-order valence-electron chi connectivity index (χ0n) is 19.9. The molecule has 3 aromatic rings. The second-order valence-corrected chi connectivity index (χ2v) is 9.10. The number of carbonyl (C=O) groups is 1. The fraction of sp³-hybridized carbons (Fsp3) is 0.346. The number of fused-ring (bicyclic) bond motifs is 1. The van der Waals surface area contributed by atoms with Crippen LogP contribution in [0.4, 0.5) is 8.78 Å². The number of carbonyl (C=O) groups excluding carboxylic acids is 1. The third-order valence-electron chi connectivity index (χ3n) is 5.89. The standard InChI is InChI=1S/C26H26F2N4O4/c1-26(2)35-14-17(36-26)13-34-16-8-9-18(19(12-16)24(27)28)25-30-20-6-3-5-15(23(20)32-25)11-22(33)31-21-7-4-10-29-21/h3-6,8-10,12,17,24H,7,11,13-14H2,1-2H3,(H,30,32)(H,29,31,33)/t17-/m0/s1. The molecule has 8 nitrogen and oxygen atoms in total. The highest BCUT2D eigenvalue weighted by atomic mass is 19.3. The van der Waals surface area contributed by atoms with Gasteiger partial charge in [0.05, 0.1) is 24.1 Å². The molecule has 1 atom stereocenters. The molecule has 0 unspecified atom stereocenters. The van der Waals surface area contributed by atoms with Crippen molar-refractivity contribution in [1.82, 2.24) is 15.3 Å². The van der Waals surface area contributed by atoms with E-state index in [0.717, 1.165) is 0 Å². The van der Waals surface area contributed by atoms with Gasteiger partial charge in [0.25, 0.3) is 6.43 Å². The second-order valence-electron chi connectivity index (χ2n) is 9.10. The SMILES string of the molecule is CC1(C)OC[C@H](COc2ccc(-c3nc4c(CC(=O)NC5=NC=CC5)cccc4[nH]3)c(C(F)F)c2)O1. The minimum absolute atomic E-state index is 0.0822. The largest absolute Gasteiger partial charge is 0.491 e. The minimum atomic E-state index is -2.74. The number of rotatable bonds is 7. The molecule has 2 aliphatic rings. The van der Waals surface area contributed by atoms with Crippen molar-refractivity contribution < 1.29 is 27.8 Å².